The Balaban J connectivity index is 1.32. The van der Waals surface area contributed by atoms with Crippen molar-refractivity contribution < 1.29 is 9.53 Å². The molecule has 0 spiro atoms. The third kappa shape index (κ3) is 5.51. The van der Waals surface area contributed by atoms with Crippen molar-refractivity contribution in [2.45, 2.75) is 25.9 Å². The molecule has 6 nitrogen and oxygen atoms in total. The van der Waals surface area contributed by atoms with E-state index in [2.05, 4.69) is 33.0 Å². The summed E-state index contributed by atoms with van der Waals surface area (Å²) in [4.78, 5) is 20.3. The fraction of sp³-hybridized carbons (Fsp3) is 0.286. The zero-order valence-corrected chi connectivity index (χ0v) is 21.6. The predicted octanol–water partition coefficient (Wildman–Crippen LogP) is 6.25. The van der Waals surface area contributed by atoms with Crippen molar-refractivity contribution in [3.8, 4) is 5.75 Å². The Morgan fingerprint density at radius 3 is 2.67 bits per heavy atom. The first-order valence-corrected chi connectivity index (χ1v) is 12.8. The Labute approximate surface area is 220 Å². The van der Waals surface area contributed by atoms with E-state index in [0.717, 1.165) is 42.0 Å². The molecule has 0 unspecified atom stereocenters. The van der Waals surface area contributed by atoms with Crippen LogP contribution in [-0.2, 0) is 17.9 Å². The largest absolute Gasteiger partial charge is 0.497 e. The lowest BCUT2D eigenvalue weighted by Crippen LogP contribution is -2.40. The number of para-hydroxylation sites is 2. The molecule has 1 N–H and O–H groups in total. The first kappa shape index (κ1) is 24.6. The fourth-order valence-electron chi connectivity index (χ4n) is 4.77. The van der Waals surface area contributed by atoms with Crippen LogP contribution in [0.25, 0.3) is 11.0 Å². The van der Waals surface area contributed by atoms with Gasteiger partial charge in [0.25, 0.3) is 0 Å². The molecule has 1 aromatic heterocycles. The average Bonchev–Trinajstić information content (AvgIpc) is 3.23. The maximum absolute atomic E-state index is 13.0. The van der Waals surface area contributed by atoms with Crippen LogP contribution < -0.4 is 10.1 Å². The topological polar surface area (TPSA) is 59.4 Å². The smallest absolute Gasteiger partial charge is 0.228 e. The van der Waals surface area contributed by atoms with Crippen LogP contribution in [0.2, 0.25) is 10.0 Å². The molecule has 1 amide bonds. The van der Waals surface area contributed by atoms with Crippen molar-refractivity contribution in [1.29, 1.82) is 0 Å². The molecule has 1 aliphatic heterocycles. The third-order valence-corrected chi connectivity index (χ3v) is 7.21. The summed E-state index contributed by atoms with van der Waals surface area (Å²) < 4.78 is 7.58. The molecule has 1 atom stereocenters. The molecule has 1 aliphatic rings. The van der Waals surface area contributed by atoms with Crippen LogP contribution in [0.5, 0.6) is 5.75 Å². The van der Waals surface area contributed by atoms with Crippen LogP contribution in [-0.4, -0.2) is 40.6 Å². The van der Waals surface area contributed by atoms with Crippen LogP contribution in [0.1, 0.15) is 24.2 Å². The van der Waals surface area contributed by atoms with Crippen molar-refractivity contribution >= 4 is 45.8 Å². The maximum atomic E-state index is 13.0. The Kier molecular flexibility index (Phi) is 7.46. The maximum Gasteiger partial charge on any atom is 0.228 e. The van der Waals surface area contributed by atoms with Crippen molar-refractivity contribution in [1.82, 2.24) is 14.5 Å². The molecular formula is C28H28Cl2N4O2. The molecule has 8 heteroatoms. The first-order chi connectivity index (χ1) is 17.5. The van der Waals surface area contributed by atoms with Gasteiger partial charge in [0.2, 0.25) is 5.91 Å². The molecule has 0 bridgehead atoms. The summed E-state index contributed by atoms with van der Waals surface area (Å²) in [6, 6.07) is 21.4. The van der Waals surface area contributed by atoms with E-state index in [1.54, 1.807) is 25.3 Å². The number of piperidine rings is 1. The summed E-state index contributed by atoms with van der Waals surface area (Å²) in [5.41, 5.74) is 3.84. The average molecular weight is 523 g/mol. The number of carbonyl (C=O) groups is 1. The zero-order valence-electron chi connectivity index (χ0n) is 20.1. The zero-order chi connectivity index (χ0) is 25.1. The second-order valence-electron chi connectivity index (χ2n) is 9.14. The fourth-order valence-corrected chi connectivity index (χ4v) is 5.23. The number of imidazole rings is 1. The quantitative estimate of drug-likeness (QED) is 0.311. The lowest BCUT2D eigenvalue weighted by atomic mass is 9.97. The van der Waals surface area contributed by atoms with Gasteiger partial charge in [-0.15, -0.1) is 0 Å². The molecule has 5 rings (SSSR count). The van der Waals surface area contributed by atoms with E-state index in [1.165, 1.54) is 5.56 Å². The number of anilines is 1. The van der Waals surface area contributed by atoms with Gasteiger partial charge >= 0.3 is 0 Å². The van der Waals surface area contributed by atoms with Crippen LogP contribution in [0.15, 0.2) is 66.7 Å². The number of amides is 1. The van der Waals surface area contributed by atoms with Gasteiger partial charge in [-0.3, -0.25) is 9.69 Å². The first-order valence-electron chi connectivity index (χ1n) is 12.1. The van der Waals surface area contributed by atoms with Gasteiger partial charge in [0, 0.05) is 18.1 Å². The minimum atomic E-state index is -0.120. The number of rotatable bonds is 7. The third-order valence-electron chi connectivity index (χ3n) is 6.66. The highest BCUT2D eigenvalue weighted by Crippen LogP contribution is 2.28. The molecule has 0 radical (unpaired) electrons. The highest BCUT2D eigenvalue weighted by molar-refractivity contribution is 6.36. The van der Waals surface area contributed by atoms with E-state index in [1.807, 2.05) is 30.3 Å². The van der Waals surface area contributed by atoms with Gasteiger partial charge < -0.3 is 14.6 Å². The summed E-state index contributed by atoms with van der Waals surface area (Å²) in [5, 5.41) is 3.96. The molecular weight excluding hydrogens is 495 g/mol. The van der Waals surface area contributed by atoms with Gasteiger partial charge in [-0.2, -0.15) is 0 Å². The lowest BCUT2D eigenvalue weighted by molar-refractivity contribution is -0.121. The molecule has 1 saturated heterocycles. The predicted molar refractivity (Wildman–Crippen MR) is 145 cm³/mol. The number of aromatic nitrogens is 2. The molecule has 1 fully saturated rings. The normalized spacial score (nSPS) is 16.2. The Morgan fingerprint density at radius 2 is 1.89 bits per heavy atom. The molecule has 36 heavy (non-hydrogen) atoms. The summed E-state index contributed by atoms with van der Waals surface area (Å²) in [5.74, 6) is 1.70. The van der Waals surface area contributed by atoms with Gasteiger partial charge in [-0.1, -0.05) is 47.5 Å². The standard InChI is InChI=1S/C28H28Cl2N4O2/c1-36-22-11-8-19(9-12-22)16-34-26-7-3-2-6-25(26)31-27(34)18-33-14-4-5-20(17-33)28(35)32-24-13-10-21(29)15-23(24)30/h2-3,6-13,15,20H,4-5,14,16-18H2,1H3,(H,32,35)/t20-/m1/s1. The molecule has 186 valence electrons. The van der Waals surface area contributed by atoms with Crippen molar-refractivity contribution in [3.63, 3.8) is 0 Å². The number of hydrogen-bond donors (Lipinski definition) is 1. The van der Waals surface area contributed by atoms with Gasteiger partial charge in [0.1, 0.15) is 11.6 Å². The van der Waals surface area contributed by atoms with Crippen LogP contribution in [0.3, 0.4) is 0 Å². The number of methoxy groups -OCH3 is 1. The summed E-state index contributed by atoms with van der Waals surface area (Å²) in [7, 11) is 1.67. The Hall–Kier alpha value is -3.06. The lowest BCUT2D eigenvalue weighted by Gasteiger charge is -2.32. The molecule has 0 aliphatic carbocycles. The van der Waals surface area contributed by atoms with Crippen LogP contribution >= 0.6 is 23.2 Å². The second kappa shape index (κ2) is 10.9. The highest BCUT2D eigenvalue weighted by Gasteiger charge is 2.27. The number of ether oxygens (including phenoxy) is 1. The van der Waals surface area contributed by atoms with Gasteiger partial charge in [0.05, 0.1) is 41.3 Å². The van der Waals surface area contributed by atoms with E-state index in [9.17, 15) is 4.79 Å². The number of hydrogen-bond acceptors (Lipinski definition) is 4. The minimum absolute atomic E-state index is 0.0179. The number of nitrogens with one attached hydrogen (secondary N) is 1. The summed E-state index contributed by atoms with van der Waals surface area (Å²) in [6.45, 7) is 2.99. The van der Waals surface area contributed by atoms with Gasteiger partial charge in [-0.05, 0) is 67.4 Å². The SMILES string of the molecule is COc1ccc(Cn2c(CN3CCC[C@@H](C(=O)Nc4ccc(Cl)cc4Cl)C3)nc3ccccc32)cc1. The van der Waals surface area contributed by atoms with Crippen molar-refractivity contribution in [2.24, 2.45) is 5.92 Å². The molecule has 0 saturated carbocycles. The van der Waals surface area contributed by atoms with E-state index < -0.39 is 0 Å². The number of carbonyl (C=O) groups excluding carboxylic acids is 1. The van der Waals surface area contributed by atoms with E-state index in [4.69, 9.17) is 32.9 Å². The number of likely N-dealkylation sites (tertiary alicyclic amines) is 1. The molecule has 2 heterocycles. The van der Waals surface area contributed by atoms with E-state index in [-0.39, 0.29) is 11.8 Å². The van der Waals surface area contributed by atoms with E-state index in [0.29, 0.717) is 35.4 Å². The van der Waals surface area contributed by atoms with Gasteiger partial charge in [-0.25, -0.2) is 4.98 Å². The van der Waals surface area contributed by atoms with Crippen molar-refractivity contribution in [2.75, 3.05) is 25.5 Å². The molecule has 3 aromatic carbocycles. The number of nitrogens with zero attached hydrogens (tertiary/aromatic N) is 3. The van der Waals surface area contributed by atoms with Crippen molar-refractivity contribution in [3.05, 3.63) is 88.2 Å². The highest BCUT2D eigenvalue weighted by atomic mass is 35.5. The van der Waals surface area contributed by atoms with Crippen LogP contribution in [0, 0.1) is 5.92 Å². The minimum Gasteiger partial charge on any atom is -0.497 e. The van der Waals surface area contributed by atoms with E-state index >= 15 is 0 Å². The number of fused-ring (bicyclic) bond motifs is 1. The second-order valence-corrected chi connectivity index (χ2v) is 9.98. The number of benzene rings is 3. The van der Waals surface area contributed by atoms with Crippen LogP contribution in [0.4, 0.5) is 5.69 Å². The summed E-state index contributed by atoms with van der Waals surface area (Å²) in [6.07, 6.45) is 1.79. The summed E-state index contributed by atoms with van der Waals surface area (Å²) >= 11 is 12.2. The number of halogens is 2. The van der Waals surface area contributed by atoms with Gasteiger partial charge in [0.15, 0.2) is 0 Å². The monoisotopic (exact) mass is 522 g/mol. The molecule has 4 aromatic rings. The Morgan fingerprint density at radius 1 is 1.08 bits per heavy atom. The Bertz CT molecular complexity index is 1370.